The van der Waals surface area contributed by atoms with E-state index in [2.05, 4.69) is 10.1 Å². The maximum absolute atomic E-state index is 12.9. The van der Waals surface area contributed by atoms with Crippen LogP contribution in [-0.4, -0.2) is 52.9 Å². The molecule has 1 aliphatic rings. The van der Waals surface area contributed by atoms with Gasteiger partial charge in [0.15, 0.2) is 0 Å². The average Bonchev–Trinajstić information content (AvgIpc) is 3.03. The summed E-state index contributed by atoms with van der Waals surface area (Å²) in [6, 6.07) is 5.46. The normalized spacial score (nSPS) is 14.5. The van der Waals surface area contributed by atoms with Crippen LogP contribution in [0.15, 0.2) is 34.3 Å². The molecule has 2 aromatic heterocycles. The number of nitrogens with zero attached hydrogens (tertiary/aromatic N) is 5. The lowest BCUT2D eigenvalue weighted by Gasteiger charge is -2.22. The number of aromatic nitrogens is 2. The molecule has 0 atom stereocenters. The monoisotopic (exact) mass is 343 g/mol. The second kappa shape index (κ2) is 7.33. The molecule has 8 heteroatoms. The third-order valence-electron chi connectivity index (χ3n) is 4.12. The van der Waals surface area contributed by atoms with Gasteiger partial charge in [-0.2, -0.15) is 10.1 Å². The molecule has 8 nitrogen and oxygen atoms in total. The molecule has 0 radical (unpaired) electrons. The van der Waals surface area contributed by atoms with E-state index in [1.54, 1.807) is 18.5 Å². The van der Waals surface area contributed by atoms with Gasteiger partial charge in [-0.1, -0.05) is 6.07 Å². The van der Waals surface area contributed by atoms with Crippen LogP contribution >= 0.6 is 0 Å². The van der Waals surface area contributed by atoms with Gasteiger partial charge in [0.05, 0.1) is 12.1 Å². The van der Waals surface area contributed by atoms with Crippen molar-refractivity contribution >= 4 is 23.8 Å². The summed E-state index contributed by atoms with van der Waals surface area (Å²) in [5.74, 6) is 0.664. The molecular formula is C17H21N5O3. The van der Waals surface area contributed by atoms with Crippen molar-refractivity contribution in [2.45, 2.75) is 20.3 Å². The molecule has 0 saturated carbocycles. The van der Waals surface area contributed by atoms with Crippen molar-refractivity contribution in [2.24, 2.45) is 5.10 Å². The van der Waals surface area contributed by atoms with Crippen molar-refractivity contribution in [1.82, 2.24) is 14.4 Å². The first-order valence-corrected chi connectivity index (χ1v) is 8.37. The molecule has 132 valence electrons. The average molecular weight is 343 g/mol. The fourth-order valence-corrected chi connectivity index (χ4v) is 2.80. The highest BCUT2D eigenvalue weighted by molar-refractivity contribution is 5.72. The number of amides is 1. The Bertz CT molecular complexity index is 857. The van der Waals surface area contributed by atoms with Crippen LogP contribution in [0.25, 0.3) is 5.65 Å². The molecule has 25 heavy (non-hydrogen) atoms. The number of cyclic esters (lactones) is 1. The highest BCUT2D eigenvalue weighted by Gasteiger charge is 2.21. The Morgan fingerprint density at radius 1 is 1.32 bits per heavy atom. The molecule has 2 aromatic rings. The third kappa shape index (κ3) is 3.33. The number of hydrazone groups is 1. The van der Waals surface area contributed by atoms with Crippen LogP contribution in [0.2, 0.25) is 0 Å². The van der Waals surface area contributed by atoms with Crippen LogP contribution < -0.4 is 10.5 Å². The largest absolute Gasteiger partial charge is 0.446 e. The summed E-state index contributed by atoms with van der Waals surface area (Å²) in [6.45, 7) is 6.30. The Hall–Kier alpha value is -2.90. The maximum atomic E-state index is 12.9. The van der Waals surface area contributed by atoms with E-state index in [9.17, 15) is 9.59 Å². The Kier molecular flexibility index (Phi) is 4.97. The predicted octanol–water partition coefficient (Wildman–Crippen LogP) is 1.52. The first-order valence-electron chi connectivity index (χ1n) is 8.37. The summed E-state index contributed by atoms with van der Waals surface area (Å²) in [6.07, 6.45) is 3.09. The van der Waals surface area contributed by atoms with Gasteiger partial charge in [-0.3, -0.25) is 9.20 Å². The molecule has 1 saturated heterocycles. The zero-order chi connectivity index (χ0) is 17.8. The zero-order valence-corrected chi connectivity index (χ0v) is 14.4. The Morgan fingerprint density at radius 2 is 2.12 bits per heavy atom. The minimum atomic E-state index is -0.464. The standard InChI is InChI=1S/C17H21N5O3/c1-3-20(4-2)15-13(8-9-18-22-11-12-25-17(22)24)16(23)21-10-6-5-7-14(21)19-15/h5-7,9-10H,3-4,8,11-12H2,1-2H3/b18-9+. The molecule has 1 fully saturated rings. The lowest BCUT2D eigenvalue weighted by molar-refractivity contribution is 0.159. The maximum Gasteiger partial charge on any atom is 0.430 e. The van der Waals surface area contributed by atoms with Gasteiger partial charge in [-0.25, -0.2) is 9.78 Å². The molecule has 0 unspecified atom stereocenters. The summed E-state index contributed by atoms with van der Waals surface area (Å²) in [7, 11) is 0. The first-order chi connectivity index (χ1) is 12.2. The lowest BCUT2D eigenvalue weighted by atomic mass is 10.2. The molecular weight excluding hydrogens is 322 g/mol. The number of anilines is 1. The van der Waals surface area contributed by atoms with E-state index in [0.717, 1.165) is 13.1 Å². The lowest BCUT2D eigenvalue weighted by Crippen LogP contribution is -2.30. The van der Waals surface area contributed by atoms with Crippen molar-refractivity contribution in [3.8, 4) is 0 Å². The van der Waals surface area contributed by atoms with E-state index in [1.807, 2.05) is 30.9 Å². The summed E-state index contributed by atoms with van der Waals surface area (Å²) in [5, 5.41) is 5.37. The molecule has 1 aliphatic heterocycles. The van der Waals surface area contributed by atoms with Crippen molar-refractivity contribution < 1.29 is 9.53 Å². The van der Waals surface area contributed by atoms with Gasteiger partial charge in [0, 0.05) is 31.9 Å². The highest BCUT2D eigenvalue weighted by atomic mass is 16.6. The molecule has 0 bridgehead atoms. The number of carbonyl (C=O) groups excluding carboxylic acids is 1. The van der Waals surface area contributed by atoms with Crippen LogP contribution in [0.3, 0.4) is 0 Å². The quantitative estimate of drug-likeness (QED) is 0.743. The summed E-state index contributed by atoms with van der Waals surface area (Å²) >= 11 is 0. The fourth-order valence-electron chi connectivity index (χ4n) is 2.80. The van der Waals surface area contributed by atoms with E-state index in [1.165, 1.54) is 9.41 Å². The van der Waals surface area contributed by atoms with Crippen molar-refractivity contribution in [2.75, 3.05) is 31.1 Å². The number of fused-ring (bicyclic) bond motifs is 1. The second-order valence-electron chi connectivity index (χ2n) is 5.56. The second-order valence-corrected chi connectivity index (χ2v) is 5.56. The molecule has 0 aliphatic carbocycles. The SMILES string of the molecule is CCN(CC)c1nc2ccccn2c(=O)c1C/C=N/N1CCOC1=O. The first kappa shape index (κ1) is 16.9. The van der Waals surface area contributed by atoms with Crippen LogP contribution in [0.1, 0.15) is 19.4 Å². The van der Waals surface area contributed by atoms with Gasteiger partial charge in [0.2, 0.25) is 0 Å². The van der Waals surface area contributed by atoms with E-state index < -0.39 is 6.09 Å². The van der Waals surface area contributed by atoms with Crippen LogP contribution in [0.5, 0.6) is 0 Å². The van der Waals surface area contributed by atoms with Crippen LogP contribution in [-0.2, 0) is 11.2 Å². The molecule has 0 spiro atoms. The zero-order valence-electron chi connectivity index (χ0n) is 14.4. The highest BCUT2D eigenvalue weighted by Crippen LogP contribution is 2.16. The number of ether oxygens (including phenoxy) is 1. The van der Waals surface area contributed by atoms with Gasteiger partial charge in [0.1, 0.15) is 18.1 Å². The Labute approximate surface area is 145 Å². The molecule has 0 aromatic carbocycles. The number of hydrogen-bond acceptors (Lipinski definition) is 6. The number of carbonyl (C=O) groups is 1. The smallest absolute Gasteiger partial charge is 0.430 e. The summed E-state index contributed by atoms with van der Waals surface area (Å²) in [5.41, 5.74) is 1.05. The van der Waals surface area contributed by atoms with E-state index >= 15 is 0 Å². The number of pyridine rings is 1. The minimum Gasteiger partial charge on any atom is -0.446 e. The predicted molar refractivity (Wildman–Crippen MR) is 95.3 cm³/mol. The van der Waals surface area contributed by atoms with Crippen molar-refractivity contribution in [1.29, 1.82) is 0 Å². The molecule has 3 rings (SSSR count). The third-order valence-corrected chi connectivity index (χ3v) is 4.12. The Morgan fingerprint density at radius 3 is 2.80 bits per heavy atom. The molecule has 1 amide bonds. The van der Waals surface area contributed by atoms with E-state index in [4.69, 9.17) is 4.74 Å². The molecule has 0 N–H and O–H groups in total. The summed E-state index contributed by atoms with van der Waals surface area (Å²) in [4.78, 5) is 31.0. The number of rotatable bonds is 6. The van der Waals surface area contributed by atoms with E-state index in [0.29, 0.717) is 36.6 Å². The minimum absolute atomic E-state index is 0.122. The Balaban J connectivity index is 2.00. The van der Waals surface area contributed by atoms with Gasteiger partial charge >= 0.3 is 6.09 Å². The topological polar surface area (TPSA) is 79.5 Å². The number of hydrogen-bond donors (Lipinski definition) is 0. The van der Waals surface area contributed by atoms with Gasteiger partial charge in [0.25, 0.3) is 5.56 Å². The van der Waals surface area contributed by atoms with Crippen molar-refractivity contribution in [3.05, 3.63) is 40.3 Å². The van der Waals surface area contributed by atoms with E-state index in [-0.39, 0.29) is 5.56 Å². The fraction of sp³-hybridized carbons (Fsp3) is 0.412. The van der Waals surface area contributed by atoms with Crippen molar-refractivity contribution in [3.63, 3.8) is 0 Å². The van der Waals surface area contributed by atoms with Crippen LogP contribution in [0, 0.1) is 0 Å². The van der Waals surface area contributed by atoms with Crippen LogP contribution in [0.4, 0.5) is 10.6 Å². The van der Waals surface area contributed by atoms with Gasteiger partial charge in [-0.05, 0) is 26.0 Å². The van der Waals surface area contributed by atoms with Gasteiger partial charge < -0.3 is 9.64 Å². The molecule has 3 heterocycles. The summed E-state index contributed by atoms with van der Waals surface area (Å²) < 4.78 is 6.36. The van der Waals surface area contributed by atoms with Gasteiger partial charge in [-0.15, -0.1) is 0 Å².